The molecule has 0 aliphatic carbocycles. The Bertz CT molecular complexity index is 664. The smallest absolute Gasteiger partial charge is 0.410 e. The third kappa shape index (κ3) is 7.13. The van der Waals surface area contributed by atoms with Crippen molar-refractivity contribution < 1.29 is 24.2 Å². The van der Waals surface area contributed by atoms with E-state index in [0.29, 0.717) is 12.2 Å². The summed E-state index contributed by atoms with van der Waals surface area (Å²) < 4.78 is 5.35. The fourth-order valence-electron chi connectivity index (χ4n) is 2.16. The standard InChI is InChI=1S/C19H28N2O5/c1-6-7-10-21(18(25)26-19(3,4)5)12-16(22)20-15-11-14(17(23)24)9-8-13(15)2/h8-9,11H,6-7,10,12H2,1-5H3,(H,20,22)(H,23,24). The Morgan fingerprint density at radius 1 is 1.23 bits per heavy atom. The maximum absolute atomic E-state index is 12.4. The number of nitrogens with zero attached hydrogens (tertiary/aromatic N) is 1. The van der Waals surface area contributed by atoms with Crippen molar-refractivity contribution in [3.63, 3.8) is 0 Å². The average Bonchev–Trinajstić information content (AvgIpc) is 2.51. The number of unbranched alkanes of at least 4 members (excludes halogenated alkanes) is 1. The fraction of sp³-hybridized carbons (Fsp3) is 0.526. The highest BCUT2D eigenvalue weighted by molar-refractivity contribution is 5.96. The Hall–Kier alpha value is -2.57. The van der Waals surface area contributed by atoms with Gasteiger partial charge < -0.3 is 15.2 Å². The number of aromatic carboxylic acids is 1. The van der Waals surface area contributed by atoms with Crippen LogP contribution in [0, 0.1) is 6.92 Å². The molecule has 0 aromatic heterocycles. The molecule has 1 rings (SSSR count). The number of anilines is 1. The van der Waals surface area contributed by atoms with E-state index in [0.717, 1.165) is 18.4 Å². The van der Waals surface area contributed by atoms with Crippen molar-refractivity contribution in [1.29, 1.82) is 0 Å². The molecular formula is C19H28N2O5. The first kappa shape index (κ1) is 21.5. The fourth-order valence-corrected chi connectivity index (χ4v) is 2.16. The highest BCUT2D eigenvalue weighted by atomic mass is 16.6. The Labute approximate surface area is 154 Å². The minimum atomic E-state index is -1.07. The van der Waals surface area contributed by atoms with E-state index in [1.165, 1.54) is 17.0 Å². The molecule has 0 aliphatic rings. The Morgan fingerprint density at radius 2 is 1.88 bits per heavy atom. The number of benzene rings is 1. The molecular weight excluding hydrogens is 336 g/mol. The predicted octanol–water partition coefficient (Wildman–Crippen LogP) is 3.67. The summed E-state index contributed by atoms with van der Waals surface area (Å²) in [6, 6.07) is 4.50. The maximum Gasteiger partial charge on any atom is 0.410 e. The van der Waals surface area contributed by atoms with E-state index < -0.39 is 23.6 Å². The van der Waals surface area contributed by atoms with Crippen LogP contribution in [0.5, 0.6) is 0 Å². The Morgan fingerprint density at radius 3 is 2.42 bits per heavy atom. The van der Waals surface area contributed by atoms with Gasteiger partial charge in [0.25, 0.3) is 0 Å². The Balaban J connectivity index is 2.85. The molecule has 144 valence electrons. The van der Waals surface area contributed by atoms with Gasteiger partial charge >= 0.3 is 12.1 Å². The molecule has 0 fully saturated rings. The molecule has 0 saturated carbocycles. The molecule has 0 bridgehead atoms. The topological polar surface area (TPSA) is 95.9 Å². The number of carboxylic acids is 1. The minimum Gasteiger partial charge on any atom is -0.478 e. The molecule has 7 heteroatoms. The summed E-state index contributed by atoms with van der Waals surface area (Å²) in [6.45, 7) is 9.31. The zero-order chi connectivity index (χ0) is 19.9. The summed E-state index contributed by atoms with van der Waals surface area (Å²) in [6.07, 6.45) is 1.08. The van der Waals surface area contributed by atoms with E-state index in [-0.39, 0.29) is 12.1 Å². The van der Waals surface area contributed by atoms with Crippen LogP contribution in [0.15, 0.2) is 18.2 Å². The number of rotatable bonds is 7. The van der Waals surface area contributed by atoms with Crippen LogP contribution in [-0.2, 0) is 9.53 Å². The molecule has 0 heterocycles. The van der Waals surface area contributed by atoms with Crippen LogP contribution in [0.2, 0.25) is 0 Å². The van der Waals surface area contributed by atoms with E-state index in [4.69, 9.17) is 9.84 Å². The number of ether oxygens (including phenoxy) is 1. The van der Waals surface area contributed by atoms with Crippen molar-refractivity contribution in [2.24, 2.45) is 0 Å². The van der Waals surface area contributed by atoms with Gasteiger partial charge in [-0.15, -0.1) is 0 Å². The third-order valence-corrected chi connectivity index (χ3v) is 3.53. The number of amides is 2. The number of aryl methyl sites for hydroxylation is 1. The van der Waals surface area contributed by atoms with Gasteiger partial charge in [-0.25, -0.2) is 9.59 Å². The molecule has 0 aliphatic heterocycles. The van der Waals surface area contributed by atoms with Crippen LogP contribution in [0.1, 0.15) is 56.5 Å². The largest absolute Gasteiger partial charge is 0.478 e. The van der Waals surface area contributed by atoms with Gasteiger partial charge in [0.1, 0.15) is 12.1 Å². The van der Waals surface area contributed by atoms with Crippen molar-refractivity contribution in [2.45, 2.75) is 53.1 Å². The number of hydrogen-bond donors (Lipinski definition) is 2. The predicted molar refractivity (Wildman–Crippen MR) is 99.5 cm³/mol. The zero-order valence-electron chi connectivity index (χ0n) is 16.1. The van der Waals surface area contributed by atoms with Gasteiger partial charge in [0.2, 0.25) is 5.91 Å². The molecule has 2 N–H and O–H groups in total. The van der Waals surface area contributed by atoms with Gasteiger partial charge in [-0.3, -0.25) is 9.69 Å². The second kappa shape index (κ2) is 9.22. The van der Waals surface area contributed by atoms with E-state index >= 15 is 0 Å². The van der Waals surface area contributed by atoms with Gasteiger partial charge in [0.15, 0.2) is 0 Å². The summed E-state index contributed by atoms with van der Waals surface area (Å²) in [5.74, 6) is -1.48. The van der Waals surface area contributed by atoms with E-state index in [9.17, 15) is 14.4 Å². The van der Waals surface area contributed by atoms with E-state index in [2.05, 4.69) is 5.32 Å². The lowest BCUT2D eigenvalue weighted by atomic mass is 10.1. The van der Waals surface area contributed by atoms with Gasteiger partial charge in [-0.2, -0.15) is 0 Å². The number of carboxylic acid groups (broad SMARTS) is 1. The first-order chi connectivity index (χ1) is 12.0. The van der Waals surface area contributed by atoms with Crippen LogP contribution in [0.4, 0.5) is 10.5 Å². The number of carbonyl (C=O) groups is 3. The van der Waals surface area contributed by atoms with Crippen LogP contribution in [0.25, 0.3) is 0 Å². The van der Waals surface area contributed by atoms with Crippen molar-refractivity contribution in [1.82, 2.24) is 4.90 Å². The van der Waals surface area contributed by atoms with Crippen molar-refractivity contribution in [2.75, 3.05) is 18.4 Å². The number of carbonyl (C=O) groups excluding carboxylic acids is 2. The number of nitrogens with one attached hydrogen (secondary N) is 1. The molecule has 0 atom stereocenters. The average molecular weight is 364 g/mol. The van der Waals surface area contributed by atoms with E-state index in [1.807, 2.05) is 6.92 Å². The van der Waals surface area contributed by atoms with E-state index in [1.54, 1.807) is 33.8 Å². The lowest BCUT2D eigenvalue weighted by Crippen LogP contribution is -2.41. The second-order valence-electron chi connectivity index (χ2n) is 7.14. The molecule has 7 nitrogen and oxygen atoms in total. The van der Waals surface area contributed by atoms with Crippen molar-refractivity contribution >= 4 is 23.7 Å². The minimum absolute atomic E-state index is 0.0841. The van der Waals surface area contributed by atoms with Crippen LogP contribution >= 0.6 is 0 Å². The lowest BCUT2D eigenvalue weighted by Gasteiger charge is -2.27. The van der Waals surface area contributed by atoms with Gasteiger partial charge in [0.05, 0.1) is 5.56 Å². The number of hydrogen-bond acceptors (Lipinski definition) is 4. The van der Waals surface area contributed by atoms with Gasteiger partial charge in [-0.05, 0) is 51.8 Å². The third-order valence-electron chi connectivity index (χ3n) is 3.53. The van der Waals surface area contributed by atoms with Crippen molar-refractivity contribution in [3.8, 4) is 0 Å². The van der Waals surface area contributed by atoms with Crippen LogP contribution in [-0.4, -0.2) is 46.7 Å². The molecule has 0 radical (unpaired) electrons. The van der Waals surface area contributed by atoms with Gasteiger partial charge in [-0.1, -0.05) is 19.4 Å². The molecule has 0 spiro atoms. The van der Waals surface area contributed by atoms with Crippen LogP contribution in [0.3, 0.4) is 0 Å². The van der Waals surface area contributed by atoms with Crippen molar-refractivity contribution in [3.05, 3.63) is 29.3 Å². The maximum atomic E-state index is 12.4. The molecule has 0 unspecified atom stereocenters. The first-order valence-corrected chi connectivity index (χ1v) is 8.65. The lowest BCUT2D eigenvalue weighted by molar-refractivity contribution is -0.117. The molecule has 2 amide bonds. The second-order valence-corrected chi connectivity index (χ2v) is 7.14. The Kier molecular flexibility index (Phi) is 7.61. The quantitative estimate of drug-likeness (QED) is 0.769. The first-order valence-electron chi connectivity index (χ1n) is 8.65. The highest BCUT2D eigenvalue weighted by Crippen LogP contribution is 2.17. The summed E-state index contributed by atoms with van der Waals surface area (Å²) in [5, 5.41) is 11.8. The highest BCUT2D eigenvalue weighted by Gasteiger charge is 2.24. The molecule has 26 heavy (non-hydrogen) atoms. The van der Waals surface area contributed by atoms with Gasteiger partial charge in [0, 0.05) is 12.2 Å². The summed E-state index contributed by atoms with van der Waals surface area (Å²) >= 11 is 0. The summed E-state index contributed by atoms with van der Waals surface area (Å²) in [7, 11) is 0. The SMILES string of the molecule is CCCCN(CC(=O)Nc1cc(C(=O)O)ccc1C)C(=O)OC(C)(C)C. The summed E-state index contributed by atoms with van der Waals surface area (Å²) in [4.78, 5) is 37.1. The zero-order valence-corrected chi connectivity index (χ0v) is 16.1. The summed E-state index contributed by atoms with van der Waals surface area (Å²) in [5.41, 5.74) is 0.584. The normalized spacial score (nSPS) is 11.0. The monoisotopic (exact) mass is 364 g/mol. The molecule has 1 aromatic rings. The van der Waals surface area contributed by atoms with Crippen LogP contribution < -0.4 is 5.32 Å². The molecule has 1 aromatic carbocycles. The molecule has 0 saturated heterocycles.